The van der Waals surface area contributed by atoms with Crippen molar-refractivity contribution in [1.29, 1.82) is 0 Å². The second-order valence-electron chi connectivity index (χ2n) is 5.11. The van der Waals surface area contributed by atoms with E-state index in [9.17, 15) is 0 Å². The van der Waals surface area contributed by atoms with Crippen molar-refractivity contribution in [3.63, 3.8) is 0 Å². The van der Waals surface area contributed by atoms with Gasteiger partial charge in [0.15, 0.2) is 5.96 Å². The number of ether oxygens (including phenoxy) is 1. The number of hydrogen-bond donors (Lipinski definition) is 2. The number of guanidine groups is 1. The SMILES string of the molecule is CCNC(=NCCc1cccs1)NCCc1ccc(OC)cc1.I. The summed E-state index contributed by atoms with van der Waals surface area (Å²) >= 11 is 1.79. The fourth-order valence-corrected chi connectivity index (χ4v) is 2.89. The third-order valence-electron chi connectivity index (χ3n) is 3.42. The molecule has 0 radical (unpaired) electrons. The van der Waals surface area contributed by atoms with Gasteiger partial charge in [0.05, 0.1) is 7.11 Å². The molecule has 1 heterocycles. The van der Waals surface area contributed by atoms with Crippen LogP contribution in [0.15, 0.2) is 46.8 Å². The fraction of sp³-hybridized carbons (Fsp3) is 0.389. The first kappa shape index (κ1) is 20.8. The second-order valence-corrected chi connectivity index (χ2v) is 6.15. The van der Waals surface area contributed by atoms with Crippen molar-refractivity contribution in [1.82, 2.24) is 10.6 Å². The van der Waals surface area contributed by atoms with E-state index in [2.05, 4.69) is 52.2 Å². The number of halogens is 1. The topological polar surface area (TPSA) is 45.7 Å². The minimum atomic E-state index is 0. The molecule has 0 aliphatic heterocycles. The van der Waals surface area contributed by atoms with E-state index >= 15 is 0 Å². The van der Waals surface area contributed by atoms with Crippen molar-refractivity contribution in [2.75, 3.05) is 26.7 Å². The van der Waals surface area contributed by atoms with Crippen LogP contribution in [-0.2, 0) is 12.8 Å². The molecule has 1 aromatic carbocycles. The number of aliphatic imine (C=N–C) groups is 1. The maximum Gasteiger partial charge on any atom is 0.191 e. The van der Waals surface area contributed by atoms with Crippen molar-refractivity contribution in [3.05, 3.63) is 52.2 Å². The fourth-order valence-electron chi connectivity index (χ4n) is 2.19. The van der Waals surface area contributed by atoms with Gasteiger partial charge in [-0.25, -0.2) is 0 Å². The van der Waals surface area contributed by atoms with Gasteiger partial charge in [0.2, 0.25) is 0 Å². The lowest BCUT2D eigenvalue weighted by Crippen LogP contribution is -2.38. The Hall–Kier alpha value is -1.28. The van der Waals surface area contributed by atoms with Crippen molar-refractivity contribution in [3.8, 4) is 5.75 Å². The van der Waals surface area contributed by atoms with Gasteiger partial charge in [-0.1, -0.05) is 18.2 Å². The van der Waals surface area contributed by atoms with Gasteiger partial charge in [-0.15, -0.1) is 35.3 Å². The average molecular weight is 459 g/mol. The molecule has 0 atom stereocenters. The molecule has 0 amide bonds. The van der Waals surface area contributed by atoms with Crippen LogP contribution in [0.5, 0.6) is 5.75 Å². The van der Waals surface area contributed by atoms with Crippen molar-refractivity contribution in [2.24, 2.45) is 4.99 Å². The molecule has 0 aliphatic carbocycles. The quantitative estimate of drug-likeness (QED) is 0.360. The predicted molar refractivity (Wildman–Crippen MR) is 114 cm³/mol. The lowest BCUT2D eigenvalue weighted by molar-refractivity contribution is 0.414. The Morgan fingerprint density at radius 3 is 2.54 bits per heavy atom. The first-order valence-corrected chi connectivity index (χ1v) is 8.87. The van der Waals surface area contributed by atoms with Gasteiger partial charge in [0.1, 0.15) is 5.75 Å². The molecule has 0 aliphatic rings. The van der Waals surface area contributed by atoms with E-state index in [0.717, 1.165) is 44.2 Å². The summed E-state index contributed by atoms with van der Waals surface area (Å²) in [6.07, 6.45) is 1.95. The number of methoxy groups -OCH3 is 1. The molecule has 132 valence electrons. The molecule has 0 saturated heterocycles. The zero-order chi connectivity index (χ0) is 16.3. The van der Waals surface area contributed by atoms with Crippen LogP contribution in [0.25, 0.3) is 0 Å². The molecule has 0 bridgehead atoms. The van der Waals surface area contributed by atoms with Gasteiger partial charge in [-0.3, -0.25) is 4.99 Å². The monoisotopic (exact) mass is 459 g/mol. The van der Waals surface area contributed by atoms with Crippen LogP contribution in [-0.4, -0.2) is 32.7 Å². The van der Waals surface area contributed by atoms with Crippen LogP contribution < -0.4 is 15.4 Å². The van der Waals surface area contributed by atoms with Crippen LogP contribution in [0.2, 0.25) is 0 Å². The first-order chi connectivity index (χ1) is 11.3. The highest BCUT2D eigenvalue weighted by Crippen LogP contribution is 2.11. The highest BCUT2D eigenvalue weighted by molar-refractivity contribution is 14.0. The molecule has 2 rings (SSSR count). The van der Waals surface area contributed by atoms with E-state index in [1.165, 1.54) is 10.4 Å². The minimum absolute atomic E-state index is 0. The highest BCUT2D eigenvalue weighted by atomic mass is 127. The Bertz CT molecular complexity index is 585. The van der Waals surface area contributed by atoms with Crippen LogP contribution in [0, 0.1) is 0 Å². The van der Waals surface area contributed by atoms with Gasteiger partial charge < -0.3 is 15.4 Å². The maximum absolute atomic E-state index is 5.17. The highest BCUT2D eigenvalue weighted by Gasteiger charge is 1.99. The summed E-state index contributed by atoms with van der Waals surface area (Å²) in [5, 5.41) is 8.79. The van der Waals surface area contributed by atoms with Gasteiger partial charge in [0.25, 0.3) is 0 Å². The number of nitrogens with one attached hydrogen (secondary N) is 2. The van der Waals surface area contributed by atoms with E-state index in [-0.39, 0.29) is 24.0 Å². The Labute approximate surface area is 165 Å². The number of benzene rings is 1. The molecule has 24 heavy (non-hydrogen) atoms. The van der Waals surface area contributed by atoms with Crippen LogP contribution >= 0.6 is 35.3 Å². The second kappa shape index (κ2) is 12.1. The molecule has 6 heteroatoms. The molecule has 0 unspecified atom stereocenters. The zero-order valence-electron chi connectivity index (χ0n) is 14.2. The van der Waals surface area contributed by atoms with Crippen molar-refractivity contribution >= 4 is 41.3 Å². The molecule has 0 spiro atoms. The van der Waals surface area contributed by atoms with Crippen molar-refractivity contribution < 1.29 is 4.74 Å². The normalized spacial score (nSPS) is 10.8. The van der Waals surface area contributed by atoms with Crippen LogP contribution in [0.3, 0.4) is 0 Å². The molecule has 0 fully saturated rings. The molecule has 2 N–H and O–H groups in total. The maximum atomic E-state index is 5.17. The van der Waals surface area contributed by atoms with E-state index in [0.29, 0.717) is 0 Å². The molecule has 2 aromatic rings. The van der Waals surface area contributed by atoms with Gasteiger partial charge in [-0.05, 0) is 42.5 Å². The van der Waals surface area contributed by atoms with Gasteiger partial charge >= 0.3 is 0 Å². The standard InChI is InChI=1S/C18H25N3OS.HI/c1-3-19-18(21-13-11-17-5-4-14-23-17)20-12-10-15-6-8-16(22-2)9-7-15;/h4-9,14H,3,10-13H2,1-2H3,(H2,19,20,21);1H. The summed E-state index contributed by atoms with van der Waals surface area (Å²) in [4.78, 5) is 6.01. The Kier molecular flexibility index (Phi) is 10.5. The van der Waals surface area contributed by atoms with Crippen LogP contribution in [0.1, 0.15) is 17.4 Å². The van der Waals surface area contributed by atoms with Crippen LogP contribution in [0.4, 0.5) is 0 Å². The number of thiophene rings is 1. The Morgan fingerprint density at radius 1 is 1.12 bits per heavy atom. The number of hydrogen-bond acceptors (Lipinski definition) is 3. The molecular formula is C18H26IN3OS. The van der Waals surface area contributed by atoms with Crippen molar-refractivity contribution in [2.45, 2.75) is 19.8 Å². The summed E-state index contributed by atoms with van der Waals surface area (Å²) in [7, 11) is 1.69. The lowest BCUT2D eigenvalue weighted by Gasteiger charge is -2.11. The smallest absolute Gasteiger partial charge is 0.191 e. The molecule has 4 nitrogen and oxygen atoms in total. The van der Waals surface area contributed by atoms with E-state index in [4.69, 9.17) is 4.74 Å². The molecular weight excluding hydrogens is 433 g/mol. The lowest BCUT2D eigenvalue weighted by atomic mass is 10.1. The summed E-state index contributed by atoms with van der Waals surface area (Å²) in [5.74, 6) is 1.78. The molecule has 0 saturated carbocycles. The first-order valence-electron chi connectivity index (χ1n) is 7.99. The average Bonchev–Trinajstić information content (AvgIpc) is 3.09. The van der Waals surface area contributed by atoms with E-state index < -0.39 is 0 Å². The number of nitrogens with zero attached hydrogens (tertiary/aromatic N) is 1. The third kappa shape index (κ3) is 7.53. The summed E-state index contributed by atoms with van der Waals surface area (Å²) < 4.78 is 5.17. The van der Waals surface area contributed by atoms with Gasteiger partial charge in [0, 0.05) is 30.9 Å². The van der Waals surface area contributed by atoms with E-state index in [1.807, 2.05) is 12.1 Å². The summed E-state index contributed by atoms with van der Waals surface area (Å²) in [6, 6.07) is 12.4. The third-order valence-corrected chi connectivity index (χ3v) is 4.35. The minimum Gasteiger partial charge on any atom is -0.497 e. The largest absolute Gasteiger partial charge is 0.497 e. The summed E-state index contributed by atoms with van der Waals surface area (Å²) in [5.41, 5.74) is 1.28. The van der Waals surface area contributed by atoms with E-state index in [1.54, 1.807) is 18.4 Å². The Balaban J connectivity index is 0.00000288. The predicted octanol–water partition coefficient (Wildman–Crippen LogP) is 3.72. The summed E-state index contributed by atoms with van der Waals surface area (Å²) in [6.45, 7) is 4.61. The number of rotatable bonds is 8. The van der Waals surface area contributed by atoms with Gasteiger partial charge in [-0.2, -0.15) is 0 Å². The zero-order valence-corrected chi connectivity index (χ0v) is 17.4. The molecule has 1 aromatic heterocycles. The Morgan fingerprint density at radius 2 is 1.92 bits per heavy atom.